The predicted molar refractivity (Wildman–Crippen MR) is 29.2 cm³/mol. The summed E-state index contributed by atoms with van der Waals surface area (Å²) in [6.45, 7) is 0. The zero-order valence-electron chi connectivity index (χ0n) is 4.19. The van der Waals surface area contributed by atoms with E-state index >= 15 is 0 Å². The molecule has 1 saturated carbocycles. The Hall–Kier alpha value is 0.250. The summed E-state index contributed by atoms with van der Waals surface area (Å²) in [7, 11) is 0. The van der Waals surface area contributed by atoms with E-state index in [4.69, 9.17) is 11.9 Å². The predicted octanol–water partition coefficient (Wildman–Crippen LogP) is 2.10. The van der Waals surface area contributed by atoms with Gasteiger partial charge in [-0.1, -0.05) is 12.8 Å². The summed E-state index contributed by atoms with van der Waals surface area (Å²) in [6, 6.07) is 0. The molecule has 1 aliphatic rings. The zero-order valence-corrected chi connectivity index (χ0v) is 4.95. The average molecular weight is 121 g/mol. The van der Waals surface area contributed by atoms with Crippen molar-refractivity contribution in [1.82, 2.24) is 0 Å². The Morgan fingerprint density at radius 2 is 1.86 bits per heavy atom. The summed E-state index contributed by atoms with van der Waals surface area (Å²) >= 11 is 5.11. The summed E-state index contributed by atoms with van der Waals surface area (Å²) in [5, 5.41) is 0. The molecule has 7 heavy (non-hydrogen) atoms. The Bertz CT molecular complexity index is 50.0. The molecular weight excluding hydrogens is 112 g/mol. The minimum atomic E-state index is 0.363. The first kappa shape index (κ1) is 5.39. The van der Waals surface area contributed by atoms with Gasteiger partial charge in [0.2, 0.25) is 0 Å². The zero-order chi connectivity index (χ0) is 5.11. The molecule has 0 aromatic rings. The van der Waals surface area contributed by atoms with Gasteiger partial charge in [0.1, 0.15) is 0 Å². The van der Waals surface area contributed by atoms with Gasteiger partial charge in [-0.25, -0.2) is 0 Å². The van der Waals surface area contributed by atoms with Gasteiger partial charge in [-0.3, -0.25) is 4.29 Å². The standard InChI is InChI=1S/C5H9ClO/c6-7-5-3-1-2-4-5/h5H,1-4H2. The van der Waals surface area contributed by atoms with E-state index in [1.54, 1.807) is 0 Å². The van der Waals surface area contributed by atoms with E-state index < -0.39 is 0 Å². The molecule has 2 heteroatoms. The van der Waals surface area contributed by atoms with Gasteiger partial charge in [0.25, 0.3) is 0 Å². The Morgan fingerprint density at radius 1 is 1.29 bits per heavy atom. The van der Waals surface area contributed by atoms with Gasteiger partial charge in [0, 0.05) is 0 Å². The highest BCUT2D eigenvalue weighted by molar-refractivity contribution is 6.07. The van der Waals surface area contributed by atoms with Crippen molar-refractivity contribution < 1.29 is 4.29 Å². The van der Waals surface area contributed by atoms with E-state index in [1.807, 2.05) is 0 Å². The van der Waals surface area contributed by atoms with Crippen LogP contribution in [0.3, 0.4) is 0 Å². The van der Waals surface area contributed by atoms with Crippen LogP contribution in [0, 0.1) is 0 Å². The minimum Gasteiger partial charge on any atom is -0.276 e. The highest BCUT2D eigenvalue weighted by Crippen LogP contribution is 2.21. The average Bonchev–Trinajstić information content (AvgIpc) is 2.14. The third-order valence-electron chi connectivity index (χ3n) is 1.43. The van der Waals surface area contributed by atoms with Crippen LogP contribution >= 0.6 is 11.9 Å². The van der Waals surface area contributed by atoms with E-state index in [0.29, 0.717) is 6.10 Å². The number of hydrogen-bond donors (Lipinski definition) is 0. The van der Waals surface area contributed by atoms with Crippen LogP contribution in [0.2, 0.25) is 0 Å². The van der Waals surface area contributed by atoms with Crippen LogP contribution in [0.1, 0.15) is 25.7 Å². The van der Waals surface area contributed by atoms with Crippen molar-refractivity contribution in [2.75, 3.05) is 0 Å². The maximum Gasteiger partial charge on any atom is 0.0790 e. The Morgan fingerprint density at radius 3 is 2.14 bits per heavy atom. The number of rotatable bonds is 1. The molecule has 0 spiro atoms. The molecule has 0 aliphatic heterocycles. The van der Waals surface area contributed by atoms with Crippen molar-refractivity contribution in [2.45, 2.75) is 31.8 Å². The summed E-state index contributed by atoms with van der Waals surface area (Å²) in [6.07, 6.45) is 5.25. The van der Waals surface area contributed by atoms with E-state index in [-0.39, 0.29) is 0 Å². The lowest BCUT2D eigenvalue weighted by molar-refractivity contribution is 0.233. The van der Waals surface area contributed by atoms with Gasteiger partial charge in [-0.15, -0.1) is 0 Å². The summed E-state index contributed by atoms with van der Waals surface area (Å²) in [4.78, 5) is 0. The van der Waals surface area contributed by atoms with Crippen LogP contribution in [0.4, 0.5) is 0 Å². The third kappa shape index (κ3) is 1.32. The second-order valence-electron chi connectivity index (χ2n) is 2.00. The van der Waals surface area contributed by atoms with Gasteiger partial charge in [-0.05, 0) is 12.8 Å². The van der Waals surface area contributed by atoms with Crippen LogP contribution < -0.4 is 0 Å². The van der Waals surface area contributed by atoms with Gasteiger partial charge in [0.05, 0.1) is 18.0 Å². The molecule has 0 amide bonds. The summed E-state index contributed by atoms with van der Waals surface area (Å²) < 4.78 is 4.58. The van der Waals surface area contributed by atoms with Crippen LogP contribution in [0.15, 0.2) is 0 Å². The summed E-state index contributed by atoms with van der Waals surface area (Å²) in [5.74, 6) is 0. The molecule has 1 fully saturated rings. The van der Waals surface area contributed by atoms with Crippen LogP contribution in [0.25, 0.3) is 0 Å². The van der Waals surface area contributed by atoms with E-state index in [0.717, 1.165) is 12.8 Å². The van der Waals surface area contributed by atoms with Crippen molar-refractivity contribution in [3.63, 3.8) is 0 Å². The smallest absolute Gasteiger partial charge is 0.0790 e. The van der Waals surface area contributed by atoms with Gasteiger partial charge in [0.15, 0.2) is 0 Å². The highest BCUT2D eigenvalue weighted by atomic mass is 35.5. The number of halogens is 1. The lowest BCUT2D eigenvalue weighted by Gasteiger charge is -1.98. The topological polar surface area (TPSA) is 9.23 Å². The second-order valence-corrected chi connectivity index (χ2v) is 2.17. The molecule has 0 atom stereocenters. The molecule has 0 bridgehead atoms. The molecule has 1 rings (SSSR count). The monoisotopic (exact) mass is 120 g/mol. The fraction of sp³-hybridized carbons (Fsp3) is 1.00. The lowest BCUT2D eigenvalue weighted by Crippen LogP contribution is -1.97. The second kappa shape index (κ2) is 2.53. The van der Waals surface area contributed by atoms with Crippen molar-refractivity contribution in [3.05, 3.63) is 0 Å². The maximum absolute atomic E-state index is 5.11. The number of hydrogen-bond acceptors (Lipinski definition) is 1. The molecule has 0 saturated heterocycles. The normalized spacial score (nSPS) is 23.6. The molecule has 0 unspecified atom stereocenters. The largest absolute Gasteiger partial charge is 0.276 e. The first-order chi connectivity index (χ1) is 3.43. The molecular formula is C5H9ClO. The molecule has 0 radical (unpaired) electrons. The van der Waals surface area contributed by atoms with Crippen molar-refractivity contribution in [2.24, 2.45) is 0 Å². The van der Waals surface area contributed by atoms with Crippen LogP contribution in [-0.4, -0.2) is 6.10 Å². The van der Waals surface area contributed by atoms with Crippen molar-refractivity contribution in [3.8, 4) is 0 Å². The Labute approximate surface area is 48.8 Å². The van der Waals surface area contributed by atoms with Crippen LogP contribution in [0.5, 0.6) is 0 Å². The SMILES string of the molecule is ClOC1CCCC1. The minimum absolute atomic E-state index is 0.363. The molecule has 42 valence electrons. The quantitative estimate of drug-likeness (QED) is 0.515. The van der Waals surface area contributed by atoms with Gasteiger partial charge in [-0.2, -0.15) is 0 Å². The molecule has 1 aliphatic carbocycles. The third-order valence-corrected chi connectivity index (χ3v) is 1.68. The van der Waals surface area contributed by atoms with Crippen molar-refractivity contribution >= 4 is 11.9 Å². The Kier molecular flexibility index (Phi) is 1.95. The molecule has 0 aromatic heterocycles. The van der Waals surface area contributed by atoms with Crippen LogP contribution in [-0.2, 0) is 4.29 Å². The van der Waals surface area contributed by atoms with Gasteiger partial charge < -0.3 is 0 Å². The molecule has 0 N–H and O–H groups in total. The van der Waals surface area contributed by atoms with E-state index in [2.05, 4.69) is 4.29 Å². The maximum atomic E-state index is 5.11. The fourth-order valence-corrected chi connectivity index (χ4v) is 1.16. The Balaban J connectivity index is 2.14. The highest BCUT2D eigenvalue weighted by Gasteiger charge is 2.13. The molecule has 0 aromatic carbocycles. The fourth-order valence-electron chi connectivity index (χ4n) is 0.977. The molecule has 0 heterocycles. The first-order valence-corrected chi connectivity index (χ1v) is 3.02. The molecule has 1 nitrogen and oxygen atoms in total. The van der Waals surface area contributed by atoms with E-state index in [9.17, 15) is 0 Å². The lowest BCUT2D eigenvalue weighted by atomic mass is 10.3. The summed E-state index contributed by atoms with van der Waals surface area (Å²) in [5.41, 5.74) is 0. The van der Waals surface area contributed by atoms with Gasteiger partial charge >= 0.3 is 0 Å². The first-order valence-electron chi connectivity index (χ1n) is 2.71. The van der Waals surface area contributed by atoms with E-state index in [1.165, 1.54) is 12.8 Å². The van der Waals surface area contributed by atoms with Crippen molar-refractivity contribution in [1.29, 1.82) is 0 Å².